The molecule has 166 valence electrons. The van der Waals surface area contributed by atoms with Gasteiger partial charge in [-0.15, -0.1) is 0 Å². The van der Waals surface area contributed by atoms with Crippen molar-refractivity contribution >= 4 is 5.97 Å². The van der Waals surface area contributed by atoms with Crippen molar-refractivity contribution < 1.29 is 23.7 Å². The number of rotatable bonds is 9. The van der Waals surface area contributed by atoms with Gasteiger partial charge in [-0.2, -0.15) is 0 Å². The quantitative estimate of drug-likeness (QED) is 0.274. The lowest BCUT2D eigenvalue weighted by Crippen LogP contribution is -2.52. The average Bonchev–Trinajstić information content (AvgIpc) is 2.74. The average molecular weight is 409 g/mol. The number of carbonyl (C=O) groups excluding carboxylic acids is 1. The van der Waals surface area contributed by atoms with E-state index >= 15 is 0 Å². The zero-order chi connectivity index (χ0) is 20.5. The van der Waals surface area contributed by atoms with Crippen LogP contribution in [0.5, 0.6) is 0 Å². The molecule has 0 N–H and O–H groups in total. The van der Waals surface area contributed by atoms with Gasteiger partial charge >= 0.3 is 11.9 Å². The van der Waals surface area contributed by atoms with E-state index < -0.39 is 11.9 Å². The SMILES string of the molecule is C=C(C)C(=O)OCC(OC1CCCCC1)(OC1CCCCC1)OC1CCCCC1. The maximum Gasteiger partial charge on any atom is 0.333 e. The molecule has 0 heterocycles. The van der Waals surface area contributed by atoms with Gasteiger partial charge in [0.1, 0.15) is 0 Å². The molecule has 5 nitrogen and oxygen atoms in total. The highest BCUT2D eigenvalue weighted by Gasteiger charge is 2.43. The third-order valence-corrected chi connectivity index (χ3v) is 6.42. The smallest absolute Gasteiger partial charge is 0.333 e. The summed E-state index contributed by atoms with van der Waals surface area (Å²) in [6.07, 6.45) is 17.1. The molecule has 0 bridgehead atoms. The van der Waals surface area contributed by atoms with Crippen LogP contribution in [-0.2, 0) is 23.7 Å². The first kappa shape index (κ1) is 22.8. The van der Waals surface area contributed by atoms with Crippen molar-refractivity contribution in [1.82, 2.24) is 0 Å². The molecule has 0 unspecified atom stereocenters. The van der Waals surface area contributed by atoms with Crippen LogP contribution in [0.2, 0.25) is 0 Å². The number of hydrogen-bond donors (Lipinski definition) is 0. The van der Waals surface area contributed by atoms with Gasteiger partial charge in [0.2, 0.25) is 0 Å². The topological polar surface area (TPSA) is 54.0 Å². The molecule has 3 saturated carbocycles. The lowest BCUT2D eigenvalue weighted by Gasteiger charge is -2.42. The van der Waals surface area contributed by atoms with Crippen LogP contribution >= 0.6 is 0 Å². The Morgan fingerprint density at radius 2 is 1.07 bits per heavy atom. The van der Waals surface area contributed by atoms with Crippen molar-refractivity contribution in [2.24, 2.45) is 0 Å². The van der Waals surface area contributed by atoms with Gasteiger partial charge in [-0.3, -0.25) is 0 Å². The van der Waals surface area contributed by atoms with Crippen molar-refractivity contribution in [1.29, 1.82) is 0 Å². The van der Waals surface area contributed by atoms with Crippen LogP contribution < -0.4 is 0 Å². The third kappa shape index (κ3) is 7.37. The molecule has 0 spiro atoms. The molecule has 0 aromatic rings. The molecule has 0 radical (unpaired) electrons. The van der Waals surface area contributed by atoms with Gasteiger partial charge in [0.25, 0.3) is 0 Å². The summed E-state index contributed by atoms with van der Waals surface area (Å²) in [5.74, 6) is -1.71. The zero-order valence-corrected chi connectivity index (χ0v) is 18.3. The van der Waals surface area contributed by atoms with Crippen LogP contribution in [0.25, 0.3) is 0 Å². The first-order chi connectivity index (χ1) is 14.1. The number of ether oxygens (including phenoxy) is 4. The summed E-state index contributed by atoms with van der Waals surface area (Å²) in [6, 6.07) is 0. The summed E-state index contributed by atoms with van der Waals surface area (Å²) in [6.45, 7) is 5.34. The Hall–Kier alpha value is -0.910. The van der Waals surface area contributed by atoms with Gasteiger partial charge < -0.3 is 18.9 Å². The van der Waals surface area contributed by atoms with Crippen molar-refractivity contribution in [3.8, 4) is 0 Å². The first-order valence-electron chi connectivity index (χ1n) is 11.9. The van der Waals surface area contributed by atoms with E-state index in [1.54, 1.807) is 6.92 Å². The summed E-state index contributed by atoms with van der Waals surface area (Å²) in [5.41, 5.74) is 0.381. The van der Waals surface area contributed by atoms with E-state index in [0.717, 1.165) is 38.5 Å². The molecule has 0 aromatic carbocycles. The van der Waals surface area contributed by atoms with Crippen molar-refractivity contribution in [2.75, 3.05) is 6.61 Å². The molecule has 5 heteroatoms. The second-order valence-electron chi connectivity index (χ2n) is 9.17. The highest BCUT2D eigenvalue weighted by atomic mass is 16.9. The Morgan fingerprint density at radius 3 is 1.38 bits per heavy atom. The molecule has 0 saturated heterocycles. The van der Waals surface area contributed by atoms with Crippen LogP contribution in [0.1, 0.15) is 103 Å². The molecule has 3 fully saturated rings. The Balaban J connectivity index is 1.77. The highest BCUT2D eigenvalue weighted by molar-refractivity contribution is 5.86. The number of carbonyl (C=O) groups is 1. The van der Waals surface area contributed by atoms with Crippen molar-refractivity contribution in [2.45, 2.75) is 128 Å². The third-order valence-electron chi connectivity index (χ3n) is 6.42. The second-order valence-corrected chi connectivity index (χ2v) is 9.17. The predicted molar refractivity (Wildman–Crippen MR) is 112 cm³/mol. The molecule has 3 rings (SSSR count). The Bertz CT molecular complexity index is 463. The van der Waals surface area contributed by atoms with Crippen molar-refractivity contribution in [3.05, 3.63) is 12.2 Å². The molecule has 0 amide bonds. The molecule has 0 aromatic heterocycles. The van der Waals surface area contributed by atoms with Gasteiger partial charge in [-0.1, -0.05) is 64.4 Å². The Morgan fingerprint density at radius 1 is 0.724 bits per heavy atom. The largest absolute Gasteiger partial charge is 0.454 e. The minimum absolute atomic E-state index is 0.0256. The van der Waals surface area contributed by atoms with E-state index in [0.29, 0.717) is 5.57 Å². The summed E-state index contributed by atoms with van der Waals surface area (Å²) < 4.78 is 25.3. The van der Waals surface area contributed by atoms with Crippen LogP contribution in [0.4, 0.5) is 0 Å². The van der Waals surface area contributed by atoms with Crippen molar-refractivity contribution in [3.63, 3.8) is 0 Å². The number of esters is 1. The molecular formula is C24H40O5. The molecular weight excluding hydrogens is 368 g/mol. The Labute approximate surface area is 176 Å². The van der Waals surface area contributed by atoms with Gasteiger partial charge in [0, 0.05) is 5.57 Å². The monoisotopic (exact) mass is 408 g/mol. The normalized spacial score (nSPS) is 23.1. The zero-order valence-electron chi connectivity index (χ0n) is 18.3. The maximum atomic E-state index is 12.2. The molecule has 3 aliphatic rings. The molecule has 29 heavy (non-hydrogen) atoms. The van der Waals surface area contributed by atoms with Gasteiger partial charge in [0.05, 0.1) is 18.3 Å². The minimum atomic E-state index is -1.29. The fourth-order valence-electron chi connectivity index (χ4n) is 4.77. The summed E-state index contributed by atoms with van der Waals surface area (Å²) in [5, 5.41) is 0. The van der Waals surface area contributed by atoms with E-state index in [1.807, 2.05) is 0 Å². The standard InChI is InChI=1S/C24H40O5/c1-19(2)23(25)26-18-24(27-20-12-6-3-7-13-20,28-21-14-8-4-9-15-21)29-22-16-10-5-11-17-22/h20-22H,1,3-18H2,2H3. The lowest BCUT2D eigenvalue weighted by molar-refractivity contribution is -0.430. The predicted octanol–water partition coefficient (Wildman–Crippen LogP) is 5.81. The molecule has 3 aliphatic carbocycles. The lowest BCUT2D eigenvalue weighted by atomic mass is 9.97. The van der Waals surface area contributed by atoms with Gasteiger partial charge in [-0.25, -0.2) is 4.79 Å². The Kier molecular flexibility index (Phi) is 9.01. The summed E-state index contributed by atoms with van der Waals surface area (Å²) in [4.78, 5) is 12.2. The fraction of sp³-hybridized carbons (Fsp3) is 0.875. The molecule has 0 aliphatic heterocycles. The van der Waals surface area contributed by atoms with Gasteiger partial charge in [0.15, 0.2) is 6.61 Å². The van der Waals surface area contributed by atoms with E-state index in [4.69, 9.17) is 18.9 Å². The van der Waals surface area contributed by atoms with E-state index in [2.05, 4.69) is 6.58 Å². The number of hydrogen-bond acceptors (Lipinski definition) is 5. The van der Waals surface area contributed by atoms with E-state index in [-0.39, 0.29) is 24.9 Å². The summed E-state index contributed by atoms with van der Waals surface area (Å²) in [7, 11) is 0. The minimum Gasteiger partial charge on any atom is -0.454 e. The molecule has 0 atom stereocenters. The summed E-state index contributed by atoms with van der Waals surface area (Å²) >= 11 is 0. The fourth-order valence-corrected chi connectivity index (χ4v) is 4.77. The van der Waals surface area contributed by atoms with Crippen LogP contribution in [-0.4, -0.2) is 36.9 Å². The second kappa shape index (κ2) is 11.5. The first-order valence-corrected chi connectivity index (χ1v) is 11.9. The van der Waals surface area contributed by atoms with E-state index in [9.17, 15) is 4.79 Å². The van der Waals surface area contributed by atoms with E-state index in [1.165, 1.54) is 57.8 Å². The van der Waals surface area contributed by atoms with Crippen LogP contribution in [0.15, 0.2) is 12.2 Å². The maximum absolute atomic E-state index is 12.2. The highest BCUT2D eigenvalue weighted by Crippen LogP contribution is 2.35. The van der Waals surface area contributed by atoms with Gasteiger partial charge in [-0.05, 0) is 45.4 Å². The van der Waals surface area contributed by atoms with Crippen LogP contribution in [0.3, 0.4) is 0 Å². The van der Waals surface area contributed by atoms with Crippen LogP contribution in [0, 0.1) is 0 Å².